The molecule has 0 atom stereocenters. The van der Waals surface area contributed by atoms with Crippen molar-refractivity contribution in [2.45, 2.75) is 19.8 Å². The highest BCUT2D eigenvalue weighted by atomic mass is 127. The molecule has 0 aromatic heterocycles. The lowest BCUT2D eigenvalue weighted by molar-refractivity contribution is 0.102. The fraction of sp³-hybridized carbons (Fsp3) is 0.188. The normalized spacial score (nSPS) is 10.6. The van der Waals surface area contributed by atoms with Gasteiger partial charge in [-0.3, -0.25) is 4.79 Å². The Morgan fingerprint density at radius 3 is 2.40 bits per heavy atom. The molecule has 0 unspecified atom stereocenters. The third kappa shape index (κ3) is 3.50. The minimum Gasteiger partial charge on any atom is -0.507 e. The maximum Gasteiger partial charge on any atom is 0.259 e. The third-order valence-electron chi connectivity index (χ3n) is 3.04. The Bertz CT molecular complexity index is 621. The van der Waals surface area contributed by atoms with Crippen molar-refractivity contribution < 1.29 is 9.90 Å². The number of aromatic hydroxyl groups is 1. The number of rotatable bonds is 3. The van der Waals surface area contributed by atoms with Gasteiger partial charge in [0, 0.05) is 9.26 Å². The summed E-state index contributed by atoms with van der Waals surface area (Å²) in [5, 5.41) is 12.5. The van der Waals surface area contributed by atoms with Crippen LogP contribution >= 0.6 is 22.6 Å². The highest BCUT2D eigenvalue weighted by molar-refractivity contribution is 14.1. The Labute approximate surface area is 132 Å². The van der Waals surface area contributed by atoms with E-state index in [0.717, 1.165) is 9.26 Å². The van der Waals surface area contributed by atoms with E-state index in [1.165, 1.54) is 11.6 Å². The van der Waals surface area contributed by atoms with Gasteiger partial charge in [-0.25, -0.2) is 0 Å². The topological polar surface area (TPSA) is 49.3 Å². The van der Waals surface area contributed by atoms with E-state index in [2.05, 4.69) is 41.8 Å². The Morgan fingerprint density at radius 1 is 1.15 bits per heavy atom. The molecule has 2 aromatic rings. The van der Waals surface area contributed by atoms with Crippen molar-refractivity contribution in [3.63, 3.8) is 0 Å². The van der Waals surface area contributed by atoms with Crippen LogP contribution in [0, 0.1) is 3.57 Å². The predicted molar refractivity (Wildman–Crippen MR) is 89.3 cm³/mol. The maximum atomic E-state index is 12.1. The average molecular weight is 381 g/mol. The van der Waals surface area contributed by atoms with Crippen molar-refractivity contribution in [3.8, 4) is 5.75 Å². The lowest BCUT2D eigenvalue weighted by atomic mass is 10.0. The average Bonchev–Trinajstić information content (AvgIpc) is 2.42. The van der Waals surface area contributed by atoms with Gasteiger partial charge < -0.3 is 10.4 Å². The van der Waals surface area contributed by atoms with Crippen molar-refractivity contribution >= 4 is 34.2 Å². The molecule has 0 saturated heterocycles. The molecule has 0 radical (unpaired) electrons. The van der Waals surface area contributed by atoms with Gasteiger partial charge in [-0.1, -0.05) is 26.0 Å². The number of benzene rings is 2. The van der Waals surface area contributed by atoms with Crippen LogP contribution in [0.4, 0.5) is 5.69 Å². The molecule has 0 fully saturated rings. The molecule has 1 amide bonds. The Balaban J connectivity index is 2.17. The van der Waals surface area contributed by atoms with Crippen LogP contribution in [0.25, 0.3) is 0 Å². The van der Waals surface area contributed by atoms with Gasteiger partial charge >= 0.3 is 0 Å². The summed E-state index contributed by atoms with van der Waals surface area (Å²) < 4.78 is 0.903. The SMILES string of the molecule is CC(C)c1ccc(NC(=O)c2cc(I)ccc2O)cc1. The Kier molecular flexibility index (Phi) is 4.65. The first kappa shape index (κ1) is 14.8. The molecule has 0 bridgehead atoms. The molecule has 104 valence electrons. The largest absolute Gasteiger partial charge is 0.507 e. The lowest BCUT2D eigenvalue weighted by Gasteiger charge is -2.09. The number of carbonyl (C=O) groups excluding carboxylic acids is 1. The van der Waals surface area contributed by atoms with Crippen molar-refractivity contribution in [1.82, 2.24) is 0 Å². The highest BCUT2D eigenvalue weighted by Gasteiger charge is 2.12. The lowest BCUT2D eigenvalue weighted by Crippen LogP contribution is -2.12. The molecule has 0 saturated carbocycles. The van der Waals surface area contributed by atoms with Gasteiger partial charge in [-0.15, -0.1) is 0 Å². The standard InChI is InChI=1S/C16H16INO2/c1-10(2)11-3-6-13(7-4-11)18-16(20)14-9-12(17)5-8-15(14)19/h3-10,19H,1-2H3,(H,18,20). The van der Waals surface area contributed by atoms with Crippen LogP contribution < -0.4 is 5.32 Å². The minimum absolute atomic E-state index is 0.0123. The summed E-state index contributed by atoms with van der Waals surface area (Å²) >= 11 is 2.11. The zero-order valence-corrected chi connectivity index (χ0v) is 13.5. The van der Waals surface area contributed by atoms with Crippen LogP contribution in [0.5, 0.6) is 5.75 Å². The summed E-state index contributed by atoms with van der Waals surface area (Å²) in [6.07, 6.45) is 0. The van der Waals surface area contributed by atoms with Gasteiger partial charge in [0.05, 0.1) is 5.56 Å². The van der Waals surface area contributed by atoms with E-state index in [-0.39, 0.29) is 17.2 Å². The van der Waals surface area contributed by atoms with Crippen molar-refractivity contribution in [2.24, 2.45) is 0 Å². The van der Waals surface area contributed by atoms with E-state index < -0.39 is 0 Å². The van der Waals surface area contributed by atoms with Crippen LogP contribution in [0.2, 0.25) is 0 Å². The molecule has 20 heavy (non-hydrogen) atoms. The van der Waals surface area contributed by atoms with Crippen LogP contribution in [0.1, 0.15) is 35.7 Å². The van der Waals surface area contributed by atoms with E-state index >= 15 is 0 Å². The minimum atomic E-state index is -0.307. The number of carbonyl (C=O) groups is 1. The zero-order valence-electron chi connectivity index (χ0n) is 11.4. The summed E-state index contributed by atoms with van der Waals surface area (Å²) in [7, 11) is 0. The molecular weight excluding hydrogens is 365 g/mol. The number of hydrogen-bond acceptors (Lipinski definition) is 2. The predicted octanol–water partition coefficient (Wildman–Crippen LogP) is 4.37. The summed E-state index contributed by atoms with van der Waals surface area (Å²) in [6.45, 7) is 4.25. The third-order valence-corrected chi connectivity index (χ3v) is 3.71. The Morgan fingerprint density at radius 2 is 1.80 bits per heavy atom. The van der Waals surface area contributed by atoms with E-state index in [1.807, 2.05) is 24.3 Å². The zero-order chi connectivity index (χ0) is 14.7. The van der Waals surface area contributed by atoms with E-state index in [1.54, 1.807) is 12.1 Å². The molecule has 0 spiro atoms. The second-order valence-electron chi connectivity index (χ2n) is 4.89. The van der Waals surface area contributed by atoms with Gasteiger partial charge in [0.2, 0.25) is 0 Å². The Hall–Kier alpha value is -1.56. The van der Waals surface area contributed by atoms with Gasteiger partial charge in [0.1, 0.15) is 5.75 Å². The van der Waals surface area contributed by atoms with Crippen LogP contribution in [-0.4, -0.2) is 11.0 Å². The van der Waals surface area contributed by atoms with Crippen LogP contribution in [-0.2, 0) is 0 Å². The van der Waals surface area contributed by atoms with E-state index in [0.29, 0.717) is 5.92 Å². The highest BCUT2D eigenvalue weighted by Crippen LogP contribution is 2.22. The second-order valence-corrected chi connectivity index (χ2v) is 6.14. The molecular formula is C16H16INO2. The summed E-state index contributed by atoms with van der Waals surface area (Å²) in [6, 6.07) is 12.7. The van der Waals surface area contributed by atoms with Gasteiger partial charge in [-0.2, -0.15) is 0 Å². The molecule has 4 heteroatoms. The number of amides is 1. The summed E-state index contributed by atoms with van der Waals surface area (Å²) in [4.78, 5) is 12.1. The van der Waals surface area contributed by atoms with Gasteiger partial charge in [0.25, 0.3) is 5.91 Å². The molecule has 0 aliphatic carbocycles. The van der Waals surface area contributed by atoms with Crippen molar-refractivity contribution in [2.75, 3.05) is 5.32 Å². The maximum absolute atomic E-state index is 12.1. The fourth-order valence-corrected chi connectivity index (χ4v) is 2.33. The number of hydrogen-bond donors (Lipinski definition) is 2. The van der Waals surface area contributed by atoms with Gasteiger partial charge in [0.15, 0.2) is 0 Å². The number of phenols is 1. The molecule has 0 heterocycles. The van der Waals surface area contributed by atoms with Crippen molar-refractivity contribution in [3.05, 3.63) is 57.2 Å². The second kappa shape index (κ2) is 6.26. The van der Waals surface area contributed by atoms with E-state index in [9.17, 15) is 9.90 Å². The quantitative estimate of drug-likeness (QED) is 0.776. The molecule has 2 N–H and O–H groups in total. The summed E-state index contributed by atoms with van der Waals surface area (Å²) in [5.74, 6) is 0.138. The molecule has 0 aliphatic heterocycles. The molecule has 0 aliphatic rings. The first-order valence-corrected chi connectivity index (χ1v) is 7.45. The molecule has 2 aromatic carbocycles. The van der Waals surface area contributed by atoms with E-state index in [4.69, 9.17) is 0 Å². The smallest absolute Gasteiger partial charge is 0.259 e. The first-order valence-electron chi connectivity index (χ1n) is 6.37. The summed E-state index contributed by atoms with van der Waals surface area (Å²) in [5.41, 5.74) is 2.22. The number of halogens is 1. The molecule has 3 nitrogen and oxygen atoms in total. The fourth-order valence-electron chi connectivity index (χ4n) is 1.84. The van der Waals surface area contributed by atoms with Crippen LogP contribution in [0.15, 0.2) is 42.5 Å². The van der Waals surface area contributed by atoms with Gasteiger partial charge in [-0.05, 0) is 64.4 Å². The number of nitrogens with one attached hydrogen (secondary N) is 1. The number of phenolic OH excluding ortho intramolecular Hbond substituents is 1. The number of anilines is 1. The monoisotopic (exact) mass is 381 g/mol. The molecule has 2 rings (SSSR count). The first-order chi connectivity index (χ1) is 9.47. The van der Waals surface area contributed by atoms with Crippen LogP contribution in [0.3, 0.4) is 0 Å². The van der Waals surface area contributed by atoms with Crippen molar-refractivity contribution in [1.29, 1.82) is 0 Å².